The Morgan fingerprint density at radius 3 is 2.59 bits per heavy atom. The molecule has 0 aliphatic heterocycles. The normalized spacial score (nSPS) is 18.2. The molecule has 148 valence electrons. The van der Waals surface area contributed by atoms with Crippen LogP contribution in [-0.2, 0) is 6.42 Å². The van der Waals surface area contributed by atoms with E-state index in [2.05, 4.69) is 0 Å². The quantitative estimate of drug-likeness (QED) is 0.495. The lowest BCUT2D eigenvalue weighted by molar-refractivity contribution is 0.0692. The van der Waals surface area contributed by atoms with Crippen molar-refractivity contribution < 1.29 is 9.90 Å². The molecule has 0 saturated carbocycles. The van der Waals surface area contributed by atoms with Crippen LogP contribution < -0.4 is 0 Å². The molecule has 0 atom stereocenters. The van der Waals surface area contributed by atoms with Crippen molar-refractivity contribution in [3.8, 4) is 0 Å². The number of carboxylic acid groups (broad SMARTS) is 1. The third kappa shape index (κ3) is 5.41. The zero-order valence-corrected chi connectivity index (χ0v) is 18.1. The van der Waals surface area contributed by atoms with Crippen LogP contribution in [0.15, 0.2) is 71.8 Å². The van der Waals surface area contributed by atoms with E-state index in [-0.39, 0.29) is 5.56 Å². The summed E-state index contributed by atoms with van der Waals surface area (Å²) in [5.74, 6) is -0.271. The molecule has 29 heavy (non-hydrogen) atoms. The second-order valence-corrected chi connectivity index (χ2v) is 8.35. The van der Waals surface area contributed by atoms with Crippen molar-refractivity contribution in [2.75, 3.05) is 5.75 Å². The van der Waals surface area contributed by atoms with Crippen molar-refractivity contribution in [1.82, 2.24) is 4.98 Å². The highest BCUT2D eigenvalue weighted by molar-refractivity contribution is 7.99. The summed E-state index contributed by atoms with van der Waals surface area (Å²) in [7, 11) is 0. The summed E-state index contributed by atoms with van der Waals surface area (Å²) >= 11 is 13.9. The highest BCUT2D eigenvalue weighted by atomic mass is 35.5. The number of pyridine rings is 1. The van der Waals surface area contributed by atoms with Crippen molar-refractivity contribution in [3.05, 3.63) is 99.2 Å². The number of aromatic nitrogens is 1. The van der Waals surface area contributed by atoms with E-state index in [4.69, 9.17) is 28.2 Å². The zero-order chi connectivity index (χ0) is 20.8. The maximum Gasteiger partial charge on any atom is 0.338 e. The van der Waals surface area contributed by atoms with Crippen LogP contribution in [0.2, 0.25) is 10.0 Å². The van der Waals surface area contributed by atoms with Gasteiger partial charge in [-0.25, -0.2) is 9.78 Å². The van der Waals surface area contributed by atoms with Crippen LogP contribution in [0, 0.1) is 0 Å². The second-order valence-electron chi connectivity index (χ2n) is 6.25. The maximum absolute atomic E-state index is 11.9. The third-order valence-corrected chi connectivity index (χ3v) is 5.71. The van der Waals surface area contributed by atoms with Crippen LogP contribution in [0.25, 0.3) is 5.57 Å². The molecule has 0 spiro atoms. The number of thioether (sulfide) groups is 1. The molecule has 0 bridgehead atoms. The summed E-state index contributed by atoms with van der Waals surface area (Å²) in [6, 6.07) is 6.97. The number of aromatic carboxylic acids is 1. The molecule has 0 fully saturated rings. The molecule has 0 unspecified atom stereocenters. The Morgan fingerprint density at radius 2 is 1.83 bits per heavy atom. The summed E-state index contributed by atoms with van der Waals surface area (Å²) in [4.78, 5) is 16.6. The Labute approximate surface area is 184 Å². The number of halogens is 2. The van der Waals surface area contributed by atoms with Gasteiger partial charge in [-0.1, -0.05) is 72.7 Å². The molecule has 1 N–H and O–H groups in total. The summed E-state index contributed by atoms with van der Waals surface area (Å²) in [5, 5.41) is 11.4. The number of allylic oxidation sites excluding steroid dienone is 8. The zero-order valence-electron chi connectivity index (χ0n) is 15.7. The Hall–Kier alpha value is -2.27. The molecule has 1 aliphatic rings. The number of hydrogen-bond acceptors (Lipinski definition) is 3. The Bertz CT molecular complexity index is 1060. The van der Waals surface area contributed by atoms with Crippen LogP contribution in [0.1, 0.15) is 34.1 Å². The molecule has 6 heteroatoms. The van der Waals surface area contributed by atoms with Gasteiger partial charge in [0.25, 0.3) is 0 Å². The smallest absolute Gasteiger partial charge is 0.338 e. The SMILES string of the molecule is CCSc1nc(C2=C/C=C/C=C/C=C\2)c(Cc2cc(Cl)ccc2Cl)cc1C(=O)O. The fourth-order valence-corrected chi connectivity index (χ4v) is 4.04. The lowest BCUT2D eigenvalue weighted by atomic mass is 9.97. The largest absolute Gasteiger partial charge is 0.478 e. The summed E-state index contributed by atoms with van der Waals surface area (Å²) < 4.78 is 0. The second kappa shape index (κ2) is 9.97. The molecular weight excluding hydrogens is 425 g/mol. The molecule has 0 radical (unpaired) electrons. The van der Waals surface area contributed by atoms with Crippen molar-refractivity contribution >= 4 is 46.5 Å². The predicted octanol–water partition coefficient (Wildman–Crippen LogP) is 6.86. The summed E-state index contributed by atoms with van der Waals surface area (Å²) in [6.45, 7) is 1.97. The highest BCUT2D eigenvalue weighted by Gasteiger charge is 2.19. The van der Waals surface area contributed by atoms with E-state index < -0.39 is 5.97 Å². The Morgan fingerprint density at radius 1 is 1.07 bits per heavy atom. The topological polar surface area (TPSA) is 50.2 Å². The predicted molar refractivity (Wildman–Crippen MR) is 122 cm³/mol. The number of nitrogens with zero attached hydrogens (tertiary/aromatic N) is 1. The number of hydrogen-bond donors (Lipinski definition) is 1. The Kier molecular flexibility index (Phi) is 7.37. The molecule has 2 aromatic rings. The van der Waals surface area contributed by atoms with Crippen LogP contribution in [-0.4, -0.2) is 21.8 Å². The van der Waals surface area contributed by atoms with Gasteiger partial charge >= 0.3 is 5.97 Å². The average molecular weight is 444 g/mol. The number of rotatable bonds is 6. The van der Waals surface area contributed by atoms with E-state index in [1.165, 1.54) is 11.8 Å². The van der Waals surface area contributed by atoms with Gasteiger partial charge in [0.2, 0.25) is 0 Å². The minimum atomic E-state index is -0.997. The van der Waals surface area contributed by atoms with Crippen LogP contribution in [0.5, 0.6) is 0 Å². The number of carbonyl (C=O) groups is 1. The van der Waals surface area contributed by atoms with Gasteiger partial charge in [-0.15, -0.1) is 11.8 Å². The van der Waals surface area contributed by atoms with Gasteiger partial charge < -0.3 is 5.11 Å². The molecular formula is C23H19Cl2NO2S. The van der Waals surface area contributed by atoms with Gasteiger partial charge in [0.1, 0.15) is 5.03 Å². The van der Waals surface area contributed by atoms with Gasteiger partial charge in [-0.05, 0) is 41.1 Å². The van der Waals surface area contributed by atoms with Crippen molar-refractivity contribution in [1.29, 1.82) is 0 Å². The van der Waals surface area contributed by atoms with E-state index in [1.807, 2.05) is 49.5 Å². The summed E-state index contributed by atoms with van der Waals surface area (Å²) in [6.07, 6.45) is 14.0. The number of carboxylic acids is 1. The first-order valence-electron chi connectivity index (χ1n) is 9.05. The average Bonchev–Trinajstić information content (AvgIpc) is 2.65. The standard InChI is InChI=1S/C23H19Cl2NO2S/c1-2-29-22-19(23(27)28)14-17(12-16-13-18(24)10-11-20(16)25)21(26-22)15-8-6-4-3-5-7-9-15/h3-11,13-14H,2,12H2,1H3,(H,27,28)/b4-3+,5-3?,6-4?,7-5+,8-6-,9-7?,15-8?,15-9+. The van der Waals surface area contributed by atoms with Crippen LogP contribution in [0.3, 0.4) is 0 Å². The molecule has 1 aromatic heterocycles. The van der Waals surface area contributed by atoms with Crippen LogP contribution in [0.4, 0.5) is 0 Å². The maximum atomic E-state index is 11.9. The van der Waals surface area contributed by atoms with Crippen molar-refractivity contribution in [2.45, 2.75) is 18.4 Å². The molecule has 0 saturated heterocycles. The fraction of sp³-hybridized carbons (Fsp3) is 0.130. The lowest BCUT2D eigenvalue weighted by Gasteiger charge is -2.15. The highest BCUT2D eigenvalue weighted by Crippen LogP contribution is 2.31. The minimum Gasteiger partial charge on any atom is -0.478 e. The van der Waals surface area contributed by atoms with E-state index in [0.717, 1.165) is 28.1 Å². The van der Waals surface area contributed by atoms with Gasteiger partial charge in [0.15, 0.2) is 0 Å². The first kappa shape index (κ1) is 21.4. The van der Waals surface area contributed by atoms with E-state index in [1.54, 1.807) is 24.3 Å². The third-order valence-electron chi connectivity index (χ3n) is 4.24. The molecule has 1 heterocycles. The molecule has 1 aromatic carbocycles. The fourth-order valence-electron chi connectivity index (χ4n) is 2.93. The Balaban J connectivity index is 2.19. The van der Waals surface area contributed by atoms with Crippen molar-refractivity contribution in [2.24, 2.45) is 0 Å². The van der Waals surface area contributed by atoms with E-state index in [0.29, 0.717) is 21.5 Å². The lowest BCUT2D eigenvalue weighted by Crippen LogP contribution is -2.08. The number of benzene rings is 1. The van der Waals surface area contributed by atoms with Gasteiger partial charge in [0, 0.05) is 22.0 Å². The first-order valence-corrected chi connectivity index (χ1v) is 10.8. The van der Waals surface area contributed by atoms with Gasteiger partial charge in [-0.3, -0.25) is 0 Å². The van der Waals surface area contributed by atoms with Gasteiger partial charge in [0.05, 0.1) is 11.3 Å². The first-order chi connectivity index (χ1) is 14.0. The minimum absolute atomic E-state index is 0.194. The molecule has 1 aliphatic carbocycles. The molecule has 3 rings (SSSR count). The summed E-state index contributed by atoms with van der Waals surface area (Å²) in [5.41, 5.74) is 3.42. The van der Waals surface area contributed by atoms with Crippen LogP contribution >= 0.6 is 35.0 Å². The van der Waals surface area contributed by atoms with Gasteiger partial charge in [-0.2, -0.15) is 0 Å². The molecule has 0 amide bonds. The van der Waals surface area contributed by atoms with Crippen molar-refractivity contribution in [3.63, 3.8) is 0 Å². The molecule has 3 nitrogen and oxygen atoms in total. The van der Waals surface area contributed by atoms with E-state index in [9.17, 15) is 9.90 Å². The van der Waals surface area contributed by atoms with E-state index >= 15 is 0 Å². The monoisotopic (exact) mass is 443 g/mol.